The van der Waals surface area contributed by atoms with Crippen LogP contribution < -0.4 is 44.3 Å². The summed E-state index contributed by atoms with van der Waals surface area (Å²) in [7, 11) is 0. The molecule has 0 atom stereocenters. The molecule has 0 spiro atoms. The van der Waals surface area contributed by atoms with Crippen LogP contribution in [-0.4, -0.2) is 23.1 Å². The number of carboxylic acid groups (broad SMARTS) is 1. The topological polar surface area (TPSA) is 65.5 Å². The van der Waals surface area contributed by atoms with Crippen molar-refractivity contribution in [3.63, 3.8) is 0 Å². The number of nitrogens with zero attached hydrogens (tertiary/aromatic N) is 2. The molecule has 2 aliphatic carbocycles. The predicted molar refractivity (Wildman–Crippen MR) is 139 cm³/mol. The maximum atomic E-state index is 11.1. The third-order valence-corrected chi connectivity index (χ3v) is 8.34. The third kappa shape index (κ3) is 6.71. The first-order valence-electron chi connectivity index (χ1n) is 12.8. The fourth-order valence-electron chi connectivity index (χ4n) is 5.28. The quantitative estimate of drug-likeness (QED) is 0.434. The second kappa shape index (κ2) is 12.6. The van der Waals surface area contributed by atoms with Crippen LogP contribution >= 0.6 is 11.3 Å². The van der Waals surface area contributed by atoms with Gasteiger partial charge < -0.3 is 19.5 Å². The van der Waals surface area contributed by atoms with Gasteiger partial charge in [-0.2, -0.15) is 0 Å². The largest absolute Gasteiger partial charge is 1.00 e. The van der Waals surface area contributed by atoms with Crippen molar-refractivity contribution >= 4 is 22.4 Å². The van der Waals surface area contributed by atoms with Crippen molar-refractivity contribution in [1.82, 2.24) is 4.98 Å². The van der Waals surface area contributed by atoms with Gasteiger partial charge in [-0.1, -0.05) is 44.0 Å². The van der Waals surface area contributed by atoms with Gasteiger partial charge in [0.25, 0.3) is 0 Å². The average molecular weight is 513 g/mol. The Kier molecular flexibility index (Phi) is 9.51. The van der Waals surface area contributed by atoms with E-state index in [-0.39, 0.29) is 35.1 Å². The van der Waals surface area contributed by atoms with Gasteiger partial charge in [-0.3, -0.25) is 0 Å². The number of hydrogen-bond donors (Lipinski definition) is 0. The molecule has 7 heteroatoms. The summed E-state index contributed by atoms with van der Waals surface area (Å²) in [5.41, 5.74) is 3.38. The van der Waals surface area contributed by atoms with Gasteiger partial charge in [0.1, 0.15) is 5.75 Å². The number of carbonyl (C=O) groups excluding carboxylic acids is 1. The first-order valence-corrected chi connectivity index (χ1v) is 13.7. The minimum atomic E-state index is -1.14. The van der Waals surface area contributed by atoms with E-state index < -0.39 is 5.97 Å². The summed E-state index contributed by atoms with van der Waals surface area (Å²) in [4.78, 5) is 18.5. The van der Waals surface area contributed by atoms with Crippen LogP contribution in [0, 0.1) is 5.92 Å². The molecule has 2 saturated carbocycles. The summed E-state index contributed by atoms with van der Waals surface area (Å²) >= 11 is 1.68. The number of aromatic nitrogens is 1. The maximum Gasteiger partial charge on any atom is 1.00 e. The smallest absolute Gasteiger partial charge is 0.545 e. The molecule has 5 nitrogen and oxygen atoms in total. The summed E-state index contributed by atoms with van der Waals surface area (Å²) in [6, 6.07) is 15.8. The molecule has 2 aliphatic rings. The molecule has 0 aliphatic heterocycles. The van der Waals surface area contributed by atoms with Gasteiger partial charge >= 0.3 is 29.6 Å². The zero-order valence-electron chi connectivity index (χ0n) is 21.3. The maximum absolute atomic E-state index is 11.1. The first-order chi connectivity index (χ1) is 17.0. The molecular weight excluding hydrogens is 479 g/mol. The first kappa shape index (κ1) is 27.2. The van der Waals surface area contributed by atoms with Crippen molar-refractivity contribution in [2.45, 2.75) is 77.0 Å². The number of thiazole rings is 1. The summed E-state index contributed by atoms with van der Waals surface area (Å²) in [5.74, 6) is 0.621. The van der Waals surface area contributed by atoms with E-state index in [0.29, 0.717) is 12.1 Å². The number of anilines is 1. The summed E-state index contributed by atoms with van der Waals surface area (Å²) < 4.78 is 6.23. The van der Waals surface area contributed by atoms with Crippen molar-refractivity contribution in [1.29, 1.82) is 0 Å². The van der Waals surface area contributed by atoms with E-state index in [4.69, 9.17) is 9.72 Å². The van der Waals surface area contributed by atoms with E-state index in [1.165, 1.54) is 25.7 Å². The van der Waals surface area contributed by atoms with Crippen molar-refractivity contribution < 1.29 is 44.2 Å². The van der Waals surface area contributed by atoms with Crippen LogP contribution in [0.5, 0.6) is 5.75 Å². The molecule has 1 aromatic heterocycles. The molecule has 1 heterocycles. The fourth-order valence-corrected chi connectivity index (χ4v) is 6.19. The molecule has 0 unspecified atom stereocenters. The summed E-state index contributed by atoms with van der Waals surface area (Å²) in [6.45, 7) is 3.05. The zero-order valence-corrected chi connectivity index (χ0v) is 24.1. The van der Waals surface area contributed by atoms with Crippen molar-refractivity contribution in [2.75, 3.05) is 4.90 Å². The second-order valence-electron chi connectivity index (χ2n) is 10.1. The van der Waals surface area contributed by atoms with Crippen LogP contribution in [0.15, 0.2) is 53.9 Å². The normalized spacial score (nSPS) is 20.0. The molecule has 0 N–H and O–H groups in total. The van der Waals surface area contributed by atoms with Crippen LogP contribution in [0.2, 0.25) is 0 Å². The Morgan fingerprint density at radius 1 is 1.00 bits per heavy atom. The van der Waals surface area contributed by atoms with Crippen LogP contribution in [0.25, 0.3) is 11.3 Å². The molecule has 0 saturated heterocycles. The molecule has 36 heavy (non-hydrogen) atoms. The predicted octanol–water partition coefficient (Wildman–Crippen LogP) is 3.08. The average Bonchev–Trinajstić information content (AvgIpc) is 3.58. The van der Waals surface area contributed by atoms with Crippen LogP contribution in [-0.2, 0) is 6.54 Å². The zero-order chi connectivity index (χ0) is 24.2. The van der Waals surface area contributed by atoms with Crippen LogP contribution in [0.3, 0.4) is 0 Å². The van der Waals surface area contributed by atoms with Gasteiger partial charge in [-0.25, -0.2) is 4.98 Å². The molecule has 3 aromatic rings. The minimum absolute atomic E-state index is 0. The van der Waals surface area contributed by atoms with Gasteiger partial charge in [0.2, 0.25) is 0 Å². The van der Waals surface area contributed by atoms with E-state index in [9.17, 15) is 9.90 Å². The molecule has 2 aromatic carbocycles. The number of benzene rings is 2. The Labute approximate surface area is 240 Å². The van der Waals surface area contributed by atoms with Crippen molar-refractivity contribution in [2.24, 2.45) is 5.92 Å². The van der Waals surface area contributed by atoms with Gasteiger partial charge in [0.05, 0.1) is 17.8 Å². The molecule has 184 valence electrons. The number of ether oxygens (including phenoxy) is 1. The molecular formula is C29H33N2NaO3S. The van der Waals surface area contributed by atoms with Crippen LogP contribution in [0.4, 0.5) is 5.13 Å². The Bertz CT molecular complexity index is 1120. The number of carbonyl (C=O) groups is 1. The molecule has 5 rings (SSSR count). The third-order valence-electron chi connectivity index (χ3n) is 7.46. The standard InChI is InChI=1S/C29H34N2O3S.Na/c1-20-6-14-25(15-7-20)34-26-16-12-22(13-17-26)27-19-35-29(30-27)31(24-4-2-3-5-24)18-21-8-10-23(11-9-21)28(32)33;/h8-13,16-17,19-20,24-25H,2-7,14-15,18H2,1H3,(H,32,33);/q;+1/p-1/t20-,25-;. The van der Waals surface area contributed by atoms with E-state index >= 15 is 0 Å². The van der Waals surface area contributed by atoms with Gasteiger partial charge in [-0.15, -0.1) is 11.3 Å². The van der Waals surface area contributed by atoms with Gasteiger partial charge in [-0.05, 0) is 79.8 Å². The van der Waals surface area contributed by atoms with E-state index in [0.717, 1.165) is 65.8 Å². The van der Waals surface area contributed by atoms with E-state index in [1.54, 1.807) is 23.5 Å². The Hall–Kier alpha value is -1.86. The second-order valence-corrected chi connectivity index (χ2v) is 10.9. The van der Waals surface area contributed by atoms with Gasteiger partial charge in [0, 0.05) is 23.5 Å². The Balaban J connectivity index is 0.00000304. The van der Waals surface area contributed by atoms with Crippen molar-refractivity contribution in [3.05, 3.63) is 65.0 Å². The molecule has 0 bridgehead atoms. The molecule has 0 radical (unpaired) electrons. The fraction of sp³-hybridized carbons (Fsp3) is 0.448. The van der Waals surface area contributed by atoms with Crippen molar-refractivity contribution in [3.8, 4) is 17.0 Å². The number of carboxylic acids is 1. The van der Waals surface area contributed by atoms with E-state index in [2.05, 4.69) is 41.5 Å². The Morgan fingerprint density at radius 3 is 2.31 bits per heavy atom. The number of rotatable bonds is 8. The van der Waals surface area contributed by atoms with Gasteiger partial charge in [0.15, 0.2) is 5.13 Å². The molecule has 0 amide bonds. The summed E-state index contributed by atoms with van der Waals surface area (Å²) in [5, 5.41) is 14.3. The Morgan fingerprint density at radius 2 is 1.67 bits per heavy atom. The SMILES string of the molecule is C[C@H]1CC[C@H](Oc2ccc(-c3csc(N(Cc4ccc(C(=O)[O-])cc4)C4CCCC4)n3)cc2)CC1.[Na+]. The van der Waals surface area contributed by atoms with Crippen LogP contribution in [0.1, 0.15) is 74.2 Å². The molecule has 2 fully saturated rings. The van der Waals surface area contributed by atoms with E-state index in [1.807, 2.05) is 12.1 Å². The monoisotopic (exact) mass is 512 g/mol. The number of hydrogen-bond acceptors (Lipinski definition) is 6. The number of aromatic carboxylic acids is 1. The minimum Gasteiger partial charge on any atom is -0.545 e. The summed E-state index contributed by atoms with van der Waals surface area (Å²) in [6.07, 6.45) is 9.94.